The van der Waals surface area contributed by atoms with Gasteiger partial charge in [-0.2, -0.15) is 0 Å². The molecule has 0 atom stereocenters. The minimum atomic E-state index is -0.289. The lowest BCUT2D eigenvalue weighted by Gasteiger charge is -2.07. The zero-order valence-corrected chi connectivity index (χ0v) is 11.2. The molecule has 108 valence electrons. The minimum Gasteiger partial charge on any atom is -0.506 e. The molecule has 0 aliphatic heterocycles. The second-order valence-electron chi connectivity index (χ2n) is 4.97. The first-order chi connectivity index (χ1) is 9.56. The molecule has 5 N–H and O–H groups in total. The smallest absolute Gasteiger partial charge is 0.251 e. The summed E-state index contributed by atoms with van der Waals surface area (Å²) in [5, 5.41) is 15.0. The van der Waals surface area contributed by atoms with Gasteiger partial charge in [-0.1, -0.05) is 0 Å². The molecular weight excluding hydrogens is 258 g/mol. The summed E-state index contributed by atoms with van der Waals surface area (Å²) in [5.41, 5.74) is 6.04. The van der Waals surface area contributed by atoms with Crippen LogP contribution < -0.4 is 16.4 Å². The molecule has 6 nitrogen and oxygen atoms in total. The summed E-state index contributed by atoms with van der Waals surface area (Å²) in [5.74, 6) is -0.365. The maximum atomic E-state index is 11.8. The second-order valence-corrected chi connectivity index (χ2v) is 4.97. The van der Waals surface area contributed by atoms with E-state index in [9.17, 15) is 14.7 Å². The van der Waals surface area contributed by atoms with Crippen molar-refractivity contribution >= 4 is 17.5 Å². The van der Waals surface area contributed by atoms with Crippen molar-refractivity contribution < 1.29 is 14.7 Å². The van der Waals surface area contributed by atoms with Gasteiger partial charge in [0.15, 0.2) is 0 Å². The van der Waals surface area contributed by atoms with Gasteiger partial charge in [0.25, 0.3) is 5.91 Å². The maximum absolute atomic E-state index is 11.8. The highest BCUT2D eigenvalue weighted by Gasteiger charge is 2.22. The van der Waals surface area contributed by atoms with Crippen molar-refractivity contribution in [2.24, 2.45) is 0 Å². The molecule has 20 heavy (non-hydrogen) atoms. The lowest BCUT2D eigenvalue weighted by Crippen LogP contribution is -2.28. The predicted octanol–water partition coefficient (Wildman–Crippen LogP) is 0.763. The summed E-state index contributed by atoms with van der Waals surface area (Å²) < 4.78 is 0. The van der Waals surface area contributed by atoms with Crippen LogP contribution in [0.1, 0.15) is 36.0 Å². The normalized spacial score (nSPS) is 13.8. The first-order valence-corrected chi connectivity index (χ1v) is 6.72. The van der Waals surface area contributed by atoms with Gasteiger partial charge < -0.3 is 21.5 Å². The fourth-order valence-corrected chi connectivity index (χ4v) is 1.77. The monoisotopic (exact) mass is 277 g/mol. The van der Waals surface area contributed by atoms with Crippen molar-refractivity contribution in [3.63, 3.8) is 0 Å². The number of rotatable bonds is 6. The van der Waals surface area contributed by atoms with Crippen LogP contribution in [0.25, 0.3) is 0 Å². The number of hydrogen-bond donors (Lipinski definition) is 4. The molecule has 0 unspecified atom stereocenters. The molecule has 1 aliphatic carbocycles. The van der Waals surface area contributed by atoms with E-state index in [4.69, 9.17) is 5.73 Å². The number of nitrogen functional groups attached to an aromatic ring is 1. The van der Waals surface area contributed by atoms with Crippen molar-refractivity contribution in [3.8, 4) is 5.75 Å². The maximum Gasteiger partial charge on any atom is 0.251 e. The van der Waals surface area contributed by atoms with Gasteiger partial charge in [0, 0.05) is 24.6 Å². The van der Waals surface area contributed by atoms with E-state index in [0.29, 0.717) is 31.0 Å². The zero-order chi connectivity index (χ0) is 14.5. The molecule has 0 radical (unpaired) electrons. The van der Waals surface area contributed by atoms with Gasteiger partial charge in [-0.15, -0.1) is 0 Å². The van der Waals surface area contributed by atoms with Gasteiger partial charge in [0.05, 0.1) is 5.69 Å². The van der Waals surface area contributed by atoms with Crippen LogP contribution in [0, 0.1) is 0 Å². The first kappa shape index (κ1) is 14.2. The van der Waals surface area contributed by atoms with E-state index in [1.54, 1.807) is 6.07 Å². The van der Waals surface area contributed by atoms with Crippen LogP contribution in [0.3, 0.4) is 0 Å². The Labute approximate surface area is 117 Å². The number of amides is 2. The van der Waals surface area contributed by atoms with Gasteiger partial charge in [-0.25, -0.2) is 0 Å². The summed E-state index contributed by atoms with van der Waals surface area (Å²) in [7, 11) is 0. The Hall–Kier alpha value is -2.24. The van der Waals surface area contributed by atoms with Gasteiger partial charge in [0.1, 0.15) is 5.75 Å². The lowest BCUT2D eigenvalue weighted by molar-refractivity contribution is -0.121. The largest absolute Gasteiger partial charge is 0.506 e. The van der Waals surface area contributed by atoms with Crippen LogP contribution in [-0.4, -0.2) is 29.5 Å². The highest BCUT2D eigenvalue weighted by Crippen LogP contribution is 2.20. The summed E-state index contributed by atoms with van der Waals surface area (Å²) in [6.45, 7) is 0.419. The summed E-state index contributed by atoms with van der Waals surface area (Å²) in [4.78, 5) is 23.2. The Kier molecular flexibility index (Phi) is 4.45. The topological polar surface area (TPSA) is 104 Å². The molecule has 2 amide bonds. The number of nitrogens with one attached hydrogen (secondary N) is 2. The molecule has 0 spiro atoms. The number of nitrogens with two attached hydrogens (primary N) is 1. The first-order valence-electron chi connectivity index (χ1n) is 6.72. The third kappa shape index (κ3) is 4.15. The molecule has 6 heteroatoms. The van der Waals surface area contributed by atoms with Crippen LogP contribution in [0.2, 0.25) is 0 Å². The number of carbonyl (C=O) groups excluding carboxylic acids is 2. The van der Waals surface area contributed by atoms with Crippen LogP contribution in [-0.2, 0) is 4.79 Å². The number of phenols is 1. The fraction of sp³-hybridized carbons (Fsp3) is 0.429. The number of carbonyl (C=O) groups is 2. The standard InChI is InChI=1S/C14H19N3O3/c15-11-6-3-9(8-12(11)18)14(20)16-7-1-2-13(19)17-10-4-5-10/h3,6,8,10,18H,1-2,4-5,7,15H2,(H,16,20)(H,17,19). The number of phenolic OH excluding ortho intramolecular Hbond substituents is 1. The van der Waals surface area contributed by atoms with Crippen molar-refractivity contribution in [2.75, 3.05) is 12.3 Å². The number of benzene rings is 1. The van der Waals surface area contributed by atoms with Crippen LogP contribution in [0.5, 0.6) is 5.75 Å². The molecule has 1 fully saturated rings. The minimum absolute atomic E-state index is 0.0341. The van der Waals surface area contributed by atoms with E-state index in [2.05, 4.69) is 10.6 Å². The second kappa shape index (κ2) is 6.27. The molecular formula is C14H19N3O3. The highest BCUT2D eigenvalue weighted by molar-refractivity contribution is 5.95. The Bertz CT molecular complexity index is 512. The van der Waals surface area contributed by atoms with E-state index >= 15 is 0 Å². The van der Waals surface area contributed by atoms with Gasteiger partial charge in [0.2, 0.25) is 5.91 Å². The van der Waals surface area contributed by atoms with Gasteiger partial charge in [-0.05, 0) is 37.5 Å². The molecule has 1 aromatic carbocycles. The molecule has 2 rings (SSSR count). The lowest BCUT2D eigenvalue weighted by atomic mass is 10.1. The van der Waals surface area contributed by atoms with Crippen molar-refractivity contribution in [3.05, 3.63) is 23.8 Å². The Morgan fingerprint density at radius 3 is 2.75 bits per heavy atom. The molecule has 0 saturated heterocycles. The van der Waals surface area contributed by atoms with Crippen LogP contribution in [0.4, 0.5) is 5.69 Å². The van der Waals surface area contributed by atoms with Crippen LogP contribution in [0.15, 0.2) is 18.2 Å². The molecule has 1 saturated carbocycles. The average Bonchev–Trinajstić information content (AvgIpc) is 3.21. The van der Waals surface area contributed by atoms with E-state index in [1.807, 2.05) is 0 Å². The highest BCUT2D eigenvalue weighted by atomic mass is 16.3. The number of anilines is 1. The Balaban J connectivity index is 1.68. The fourth-order valence-electron chi connectivity index (χ4n) is 1.77. The summed E-state index contributed by atoms with van der Waals surface area (Å²) in [6, 6.07) is 4.72. The number of aromatic hydroxyl groups is 1. The number of hydrogen-bond acceptors (Lipinski definition) is 4. The van der Waals surface area contributed by atoms with Crippen molar-refractivity contribution in [1.29, 1.82) is 0 Å². The van der Waals surface area contributed by atoms with Gasteiger partial charge in [-0.3, -0.25) is 9.59 Å². The quantitative estimate of drug-likeness (QED) is 0.350. The van der Waals surface area contributed by atoms with Crippen molar-refractivity contribution in [1.82, 2.24) is 10.6 Å². The Morgan fingerprint density at radius 1 is 1.35 bits per heavy atom. The van der Waals surface area contributed by atoms with E-state index in [0.717, 1.165) is 12.8 Å². The predicted molar refractivity (Wildman–Crippen MR) is 75.3 cm³/mol. The summed E-state index contributed by atoms with van der Waals surface area (Å²) in [6.07, 6.45) is 3.14. The third-order valence-electron chi connectivity index (χ3n) is 3.10. The molecule has 0 aromatic heterocycles. The molecule has 0 heterocycles. The Morgan fingerprint density at radius 2 is 2.10 bits per heavy atom. The van der Waals surface area contributed by atoms with Crippen LogP contribution >= 0.6 is 0 Å². The molecule has 1 aliphatic rings. The van der Waals surface area contributed by atoms with E-state index in [1.165, 1.54) is 12.1 Å². The van der Waals surface area contributed by atoms with Crippen molar-refractivity contribution in [2.45, 2.75) is 31.7 Å². The van der Waals surface area contributed by atoms with E-state index < -0.39 is 0 Å². The zero-order valence-electron chi connectivity index (χ0n) is 11.2. The molecule has 0 bridgehead atoms. The van der Waals surface area contributed by atoms with Gasteiger partial charge >= 0.3 is 0 Å². The molecule has 1 aromatic rings. The third-order valence-corrected chi connectivity index (χ3v) is 3.10. The summed E-state index contributed by atoms with van der Waals surface area (Å²) >= 11 is 0. The average molecular weight is 277 g/mol. The SMILES string of the molecule is Nc1ccc(C(=O)NCCCC(=O)NC2CC2)cc1O. The van der Waals surface area contributed by atoms with E-state index in [-0.39, 0.29) is 23.3 Å².